The minimum absolute atomic E-state index is 0.303. The summed E-state index contributed by atoms with van der Waals surface area (Å²) in [5, 5.41) is 9.94. The number of hydrogen-bond donors (Lipinski definition) is 1. The molecule has 3 heteroatoms. The Kier molecular flexibility index (Phi) is 2.56. The summed E-state index contributed by atoms with van der Waals surface area (Å²) in [5.41, 5.74) is 1.37. The normalized spacial score (nSPS) is 12.7. The monoisotopic (exact) mass is 206 g/mol. The van der Waals surface area contributed by atoms with Gasteiger partial charge in [0, 0.05) is 0 Å². The number of furan rings is 1. The Balaban J connectivity index is 2.38. The van der Waals surface area contributed by atoms with Gasteiger partial charge < -0.3 is 9.52 Å². The number of benzene rings is 1. The zero-order chi connectivity index (χ0) is 10.8. The van der Waals surface area contributed by atoms with Gasteiger partial charge in [-0.25, -0.2) is 4.39 Å². The number of aliphatic hydroxyl groups excluding tert-OH is 1. The molecular weight excluding hydrogens is 195 g/mol. The highest BCUT2D eigenvalue weighted by Crippen LogP contribution is 2.25. The third-order valence-electron chi connectivity index (χ3n) is 2.34. The van der Waals surface area contributed by atoms with Crippen LogP contribution in [0.2, 0.25) is 0 Å². The highest BCUT2D eigenvalue weighted by atomic mass is 19.1. The summed E-state index contributed by atoms with van der Waals surface area (Å²) < 4.78 is 17.9. The fourth-order valence-electron chi connectivity index (χ4n) is 1.55. The lowest BCUT2D eigenvalue weighted by Crippen LogP contribution is -2.00. The Bertz CT molecular complexity index is 449. The van der Waals surface area contributed by atoms with Crippen LogP contribution in [0.5, 0.6) is 0 Å². The molecule has 1 aromatic heterocycles. The van der Waals surface area contributed by atoms with Gasteiger partial charge in [0.15, 0.2) is 0 Å². The van der Waals surface area contributed by atoms with E-state index in [-0.39, 0.29) is 5.82 Å². The van der Waals surface area contributed by atoms with Crippen molar-refractivity contribution in [3.05, 3.63) is 59.3 Å². The molecule has 0 aliphatic carbocycles. The molecule has 0 bridgehead atoms. The molecular formula is C12H11FO2. The molecule has 78 valence electrons. The molecule has 0 spiro atoms. The summed E-state index contributed by atoms with van der Waals surface area (Å²) in [6.07, 6.45) is 0.665. The number of aryl methyl sites for hydroxylation is 1. The number of hydrogen-bond acceptors (Lipinski definition) is 2. The highest BCUT2D eigenvalue weighted by molar-refractivity contribution is 5.32. The van der Waals surface area contributed by atoms with Gasteiger partial charge >= 0.3 is 0 Å². The lowest BCUT2D eigenvalue weighted by Gasteiger charge is -2.11. The van der Waals surface area contributed by atoms with Crippen LogP contribution < -0.4 is 0 Å². The fourth-order valence-corrected chi connectivity index (χ4v) is 1.55. The molecule has 2 nitrogen and oxygen atoms in total. The van der Waals surface area contributed by atoms with Crippen LogP contribution in [0.1, 0.15) is 23.0 Å². The predicted molar refractivity (Wildman–Crippen MR) is 53.9 cm³/mol. The van der Waals surface area contributed by atoms with E-state index in [4.69, 9.17) is 4.42 Å². The molecule has 1 aromatic carbocycles. The first-order valence-electron chi connectivity index (χ1n) is 4.66. The topological polar surface area (TPSA) is 33.4 Å². The average Bonchev–Trinajstić information content (AvgIpc) is 2.69. The second kappa shape index (κ2) is 3.87. The molecule has 0 aliphatic rings. The molecule has 2 aromatic rings. The molecule has 1 heterocycles. The van der Waals surface area contributed by atoms with Crippen LogP contribution in [-0.2, 0) is 0 Å². The van der Waals surface area contributed by atoms with Crippen molar-refractivity contribution in [2.75, 3.05) is 0 Å². The van der Waals surface area contributed by atoms with Gasteiger partial charge in [-0.15, -0.1) is 0 Å². The van der Waals surface area contributed by atoms with Gasteiger partial charge in [-0.2, -0.15) is 0 Å². The molecule has 0 saturated heterocycles. The largest absolute Gasteiger partial charge is 0.466 e. The molecule has 1 N–H and O–H groups in total. The zero-order valence-corrected chi connectivity index (χ0v) is 8.27. The number of halogens is 1. The zero-order valence-electron chi connectivity index (χ0n) is 8.27. The summed E-state index contributed by atoms with van der Waals surface area (Å²) in [4.78, 5) is 0. The lowest BCUT2D eigenvalue weighted by molar-refractivity contribution is 0.188. The van der Waals surface area contributed by atoms with E-state index in [2.05, 4.69) is 0 Å². The minimum Gasteiger partial charge on any atom is -0.466 e. The molecule has 0 aliphatic heterocycles. The number of aliphatic hydroxyl groups is 1. The molecule has 0 radical (unpaired) electrons. The second-order valence-electron chi connectivity index (χ2n) is 3.42. The highest BCUT2D eigenvalue weighted by Gasteiger charge is 2.15. The van der Waals surface area contributed by atoms with Crippen molar-refractivity contribution in [3.8, 4) is 0 Å². The third-order valence-corrected chi connectivity index (χ3v) is 2.34. The number of rotatable bonds is 2. The summed E-state index contributed by atoms with van der Waals surface area (Å²) in [6, 6.07) is 7.68. The van der Waals surface area contributed by atoms with E-state index in [1.807, 2.05) is 0 Å². The van der Waals surface area contributed by atoms with E-state index in [0.29, 0.717) is 16.9 Å². The van der Waals surface area contributed by atoms with Crippen LogP contribution in [0.25, 0.3) is 0 Å². The van der Waals surface area contributed by atoms with Gasteiger partial charge in [-0.1, -0.05) is 6.07 Å². The van der Waals surface area contributed by atoms with Crippen molar-refractivity contribution in [2.45, 2.75) is 13.0 Å². The van der Waals surface area contributed by atoms with Crippen LogP contribution in [-0.4, -0.2) is 5.11 Å². The first kappa shape index (κ1) is 9.93. The van der Waals surface area contributed by atoms with Crippen LogP contribution in [0.3, 0.4) is 0 Å². The van der Waals surface area contributed by atoms with Crippen molar-refractivity contribution in [2.24, 2.45) is 0 Å². The van der Waals surface area contributed by atoms with E-state index >= 15 is 0 Å². The van der Waals surface area contributed by atoms with Gasteiger partial charge in [0.25, 0.3) is 0 Å². The second-order valence-corrected chi connectivity index (χ2v) is 3.42. The van der Waals surface area contributed by atoms with Crippen molar-refractivity contribution in [1.82, 2.24) is 0 Å². The Hall–Kier alpha value is -1.61. The molecule has 15 heavy (non-hydrogen) atoms. The molecule has 2 rings (SSSR count). The first-order chi connectivity index (χ1) is 7.18. The molecule has 0 amide bonds. The van der Waals surface area contributed by atoms with Crippen molar-refractivity contribution in [3.63, 3.8) is 0 Å². The van der Waals surface area contributed by atoms with Gasteiger partial charge in [0.05, 0.1) is 6.26 Å². The Labute approximate surface area is 87.0 Å². The van der Waals surface area contributed by atoms with Gasteiger partial charge in [-0.05, 0) is 42.3 Å². The van der Waals surface area contributed by atoms with E-state index < -0.39 is 6.10 Å². The standard InChI is InChI=1S/C12H11FO2/c1-8-7-9(13)4-5-10(8)12(14)11-3-2-6-15-11/h2-7,12,14H,1H3/t12-/m0/s1. The summed E-state index contributed by atoms with van der Waals surface area (Å²) >= 11 is 0. The summed E-state index contributed by atoms with van der Waals surface area (Å²) in [7, 11) is 0. The van der Waals surface area contributed by atoms with E-state index in [1.54, 1.807) is 25.1 Å². The average molecular weight is 206 g/mol. The summed E-state index contributed by atoms with van der Waals surface area (Å²) in [5.74, 6) is 0.160. The van der Waals surface area contributed by atoms with Crippen LogP contribution in [0.4, 0.5) is 4.39 Å². The Morgan fingerprint density at radius 3 is 2.73 bits per heavy atom. The van der Waals surface area contributed by atoms with Crippen molar-refractivity contribution in [1.29, 1.82) is 0 Å². The Morgan fingerprint density at radius 2 is 2.13 bits per heavy atom. The van der Waals surface area contributed by atoms with Crippen molar-refractivity contribution < 1.29 is 13.9 Å². The predicted octanol–water partition coefficient (Wildman–Crippen LogP) is 2.81. The first-order valence-corrected chi connectivity index (χ1v) is 4.66. The fraction of sp³-hybridized carbons (Fsp3) is 0.167. The quantitative estimate of drug-likeness (QED) is 0.819. The minimum atomic E-state index is -0.833. The van der Waals surface area contributed by atoms with Crippen LogP contribution in [0.15, 0.2) is 41.0 Å². The van der Waals surface area contributed by atoms with Gasteiger partial charge in [0.1, 0.15) is 17.7 Å². The summed E-state index contributed by atoms with van der Waals surface area (Å²) in [6.45, 7) is 1.75. The van der Waals surface area contributed by atoms with Gasteiger partial charge in [-0.3, -0.25) is 0 Å². The van der Waals surface area contributed by atoms with Gasteiger partial charge in [0.2, 0.25) is 0 Å². The van der Waals surface area contributed by atoms with E-state index in [1.165, 1.54) is 18.4 Å². The molecule has 0 saturated carbocycles. The van der Waals surface area contributed by atoms with Crippen LogP contribution in [0, 0.1) is 12.7 Å². The van der Waals surface area contributed by atoms with Crippen LogP contribution >= 0.6 is 0 Å². The smallest absolute Gasteiger partial charge is 0.137 e. The maximum Gasteiger partial charge on any atom is 0.137 e. The maximum atomic E-state index is 12.8. The maximum absolute atomic E-state index is 12.8. The lowest BCUT2D eigenvalue weighted by atomic mass is 10.0. The molecule has 0 unspecified atom stereocenters. The van der Waals surface area contributed by atoms with E-state index in [0.717, 1.165) is 0 Å². The Morgan fingerprint density at radius 1 is 1.33 bits per heavy atom. The molecule has 0 fully saturated rings. The van der Waals surface area contributed by atoms with Crippen molar-refractivity contribution >= 4 is 0 Å². The SMILES string of the molecule is Cc1cc(F)ccc1[C@H](O)c1ccco1. The molecule has 1 atom stereocenters. The third kappa shape index (κ3) is 1.92. The van der Waals surface area contributed by atoms with E-state index in [9.17, 15) is 9.50 Å².